The van der Waals surface area contributed by atoms with Crippen molar-refractivity contribution in [1.82, 2.24) is 19.3 Å². The van der Waals surface area contributed by atoms with E-state index < -0.39 is 10.0 Å². The molecule has 144 valence electrons. The Morgan fingerprint density at radius 2 is 1.89 bits per heavy atom. The molecule has 0 fully saturated rings. The molecule has 0 saturated heterocycles. The van der Waals surface area contributed by atoms with E-state index in [4.69, 9.17) is 9.97 Å². The summed E-state index contributed by atoms with van der Waals surface area (Å²) in [6.45, 7) is 5.05. The van der Waals surface area contributed by atoms with Gasteiger partial charge in [-0.25, -0.2) is 22.7 Å². The molecule has 0 unspecified atom stereocenters. The van der Waals surface area contributed by atoms with E-state index in [0.717, 1.165) is 27.2 Å². The molecule has 3 aromatic heterocycles. The number of sulfonamides is 1. The summed E-state index contributed by atoms with van der Waals surface area (Å²) >= 11 is 1.64. The van der Waals surface area contributed by atoms with E-state index in [9.17, 15) is 8.42 Å². The van der Waals surface area contributed by atoms with E-state index in [1.807, 2.05) is 24.1 Å². The van der Waals surface area contributed by atoms with Gasteiger partial charge in [0.1, 0.15) is 10.6 Å². The molecule has 27 heavy (non-hydrogen) atoms. The highest BCUT2D eigenvalue weighted by atomic mass is 32.2. The summed E-state index contributed by atoms with van der Waals surface area (Å²) in [6, 6.07) is 3.79. The number of anilines is 1. The molecule has 0 saturated carbocycles. The van der Waals surface area contributed by atoms with Crippen LogP contribution < -0.4 is 4.90 Å². The van der Waals surface area contributed by atoms with Crippen LogP contribution in [0.2, 0.25) is 0 Å². The lowest BCUT2D eigenvalue weighted by atomic mass is 10.2. The van der Waals surface area contributed by atoms with Gasteiger partial charge < -0.3 is 4.90 Å². The van der Waals surface area contributed by atoms with Crippen molar-refractivity contribution in [2.45, 2.75) is 13.8 Å². The van der Waals surface area contributed by atoms with Crippen LogP contribution in [0.15, 0.2) is 24.5 Å². The molecule has 0 aliphatic rings. The first kappa shape index (κ1) is 19.7. The van der Waals surface area contributed by atoms with E-state index in [0.29, 0.717) is 18.9 Å². The molecule has 3 aromatic rings. The van der Waals surface area contributed by atoms with Crippen molar-refractivity contribution in [1.29, 1.82) is 0 Å². The van der Waals surface area contributed by atoms with Gasteiger partial charge in [-0.05, 0) is 31.5 Å². The lowest BCUT2D eigenvalue weighted by Crippen LogP contribution is -2.34. The Hall–Kier alpha value is -2.10. The van der Waals surface area contributed by atoms with Crippen LogP contribution in [0.1, 0.15) is 10.4 Å². The predicted octanol–water partition coefficient (Wildman–Crippen LogP) is 2.70. The monoisotopic (exact) mass is 405 g/mol. The van der Waals surface area contributed by atoms with Crippen molar-refractivity contribution in [2.75, 3.05) is 38.3 Å². The zero-order valence-corrected chi connectivity index (χ0v) is 17.7. The Kier molecular flexibility index (Phi) is 5.45. The Balaban J connectivity index is 2.04. The highest BCUT2D eigenvalue weighted by Gasteiger charge is 2.19. The minimum absolute atomic E-state index is 0.380. The zero-order chi connectivity index (χ0) is 19.8. The number of nitrogens with zero attached hydrogens (tertiary/aromatic N) is 5. The standard InChI is InChI=1S/C18H23N5O2S2/c1-12-13(2)26-18-15(12)17(22(3)9-10-23(4)27(5,24)25)20-16(21-18)14-7-6-8-19-11-14/h6-8,11H,9-10H2,1-5H3. The van der Waals surface area contributed by atoms with Crippen LogP contribution in [-0.4, -0.2) is 61.1 Å². The SMILES string of the molecule is Cc1sc2nc(-c3cccnc3)nc(N(C)CCN(C)S(C)(=O)=O)c2c1C. The maximum absolute atomic E-state index is 11.7. The van der Waals surface area contributed by atoms with Gasteiger partial charge in [0.05, 0.1) is 11.6 Å². The maximum atomic E-state index is 11.7. The van der Waals surface area contributed by atoms with Crippen LogP contribution in [0, 0.1) is 13.8 Å². The van der Waals surface area contributed by atoms with Crippen LogP contribution in [-0.2, 0) is 10.0 Å². The Labute approximate surface area is 163 Å². The fourth-order valence-corrected chi connectivity index (χ4v) is 4.13. The lowest BCUT2D eigenvalue weighted by Gasteiger charge is -2.23. The molecule has 0 amide bonds. The average Bonchev–Trinajstić information content (AvgIpc) is 2.92. The smallest absolute Gasteiger partial charge is 0.211 e. The van der Waals surface area contributed by atoms with Gasteiger partial charge in [0.2, 0.25) is 10.0 Å². The van der Waals surface area contributed by atoms with Gasteiger partial charge in [-0.15, -0.1) is 11.3 Å². The van der Waals surface area contributed by atoms with Crippen LogP contribution in [0.4, 0.5) is 5.82 Å². The van der Waals surface area contributed by atoms with Gasteiger partial charge >= 0.3 is 0 Å². The van der Waals surface area contributed by atoms with Crippen LogP contribution in [0.5, 0.6) is 0 Å². The molecule has 0 atom stereocenters. The molecule has 0 N–H and O–H groups in total. The Morgan fingerprint density at radius 1 is 1.15 bits per heavy atom. The van der Waals surface area contributed by atoms with E-state index in [-0.39, 0.29) is 0 Å². The van der Waals surface area contributed by atoms with Gasteiger partial charge in [0.25, 0.3) is 0 Å². The number of aryl methyl sites for hydroxylation is 2. The number of aromatic nitrogens is 3. The Bertz CT molecular complexity index is 1060. The molecular weight excluding hydrogens is 382 g/mol. The molecule has 0 radical (unpaired) electrons. The van der Waals surface area contributed by atoms with Crippen molar-refractivity contribution >= 4 is 37.4 Å². The molecule has 0 bridgehead atoms. The van der Waals surface area contributed by atoms with Crippen LogP contribution in [0.3, 0.4) is 0 Å². The third kappa shape index (κ3) is 4.10. The highest BCUT2D eigenvalue weighted by molar-refractivity contribution is 7.88. The van der Waals surface area contributed by atoms with Crippen LogP contribution >= 0.6 is 11.3 Å². The second kappa shape index (κ2) is 7.49. The zero-order valence-electron chi connectivity index (χ0n) is 16.1. The summed E-state index contributed by atoms with van der Waals surface area (Å²) in [5.41, 5.74) is 2.01. The quantitative estimate of drug-likeness (QED) is 0.627. The van der Waals surface area contributed by atoms with Crippen molar-refractivity contribution < 1.29 is 8.42 Å². The first-order valence-electron chi connectivity index (χ1n) is 8.49. The molecule has 3 rings (SSSR count). The number of hydrogen-bond acceptors (Lipinski definition) is 7. The fourth-order valence-electron chi connectivity index (χ4n) is 2.69. The normalized spacial score (nSPS) is 12.1. The third-order valence-corrected chi connectivity index (χ3v) is 7.02. The summed E-state index contributed by atoms with van der Waals surface area (Å²) in [5.74, 6) is 1.43. The van der Waals surface area contributed by atoms with Gasteiger partial charge in [-0.3, -0.25) is 4.98 Å². The second-order valence-electron chi connectivity index (χ2n) is 6.58. The summed E-state index contributed by atoms with van der Waals surface area (Å²) in [4.78, 5) is 17.8. The van der Waals surface area contributed by atoms with E-state index in [1.165, 1.54) is 15.4 Å². The van der Waals surface area contributed by atoms with Crippen molar-refractivity contribution in [3.63, 3.8) is 0 Å². The summed E-state index contributed by atoms with van der Waals surface area (Å²) in [7, 11) is 0.300. The first-order valence-corrected chi connectivity index (χ1v) is 11.2. The van der Waals surface area contributed by atoms with Gasteiger partial charge in [-0.1, -0.05) is 0 Å². The Morgan fingerprint density at radius 3 is 2.52 bits per heavy atom. The van der Waals surface area contributed by atoms with Crippen molar-refractivity contribution in [3.8, 4) is 11.4 Å². The summed E-state index contributed by atoms with van der Waals surface area (Å²) < 4.78 is 24.7. The minimum Gasteiger partial charge on any atom is -0.358 e. The number of rotatable bonds is 6. The molecule has 3 heterocycles. The van der Waals surface area contributed by atoms with E-state index >= 15 is 0 Å². The predicted molar refractivity (Wildman–Crippen MR) is 111 cm³/mol. The number of hydrogen-bond donors (Lipinski definition) is 0. The summed E-state index contributed by atoms with van der Waals surface area (Å²) in [6.07, 6.45) is 4.67. The maximum Gasteiger partial charge on any atom is 0.211 e. The molecule has 7 nitrogen and oxygen atoms in total. The number of thiophene rings is 1. The largest absolute Gasteiger partial charge is 0.358 e. The second-order valence-corrected chi connectivity index (χ2v) is 9.87. The molecule has 0 aliphatic carbocycles. The molecule has 9 heteroatoms. The third-order valence-electron chi connectivity index (χ3n) is 4.61. The molecule has 0 aliphatic heterocycles. The minimum atomic E-state index is -3.21. The van der Waals surface area contributed by atoms with Gasteiger partial charge in [0.15, 0.2) is 5.82 Å². The van der Waals surface area contributed by atoms with Gasteiger partial charge in [-0.2, -0.15) is 0 Å². The van der Waals surface area contributed by atoms with Crippen molar-refractivity contribution in [3.05, 3.63) is 35.0 Å². The number of likely N-dealkylation sites (N-methyl/N-ethyl adjacent to an activating group) is 2. The first-order chi connectivity index (χ1) is 12.7. The number of pyridine rings is 1. The molecule has 0 aromatic carbocycles. The fraction of sp³-hybridized carbons (Fsp3) is 0.389. The lowest BCUT2D eigenvalue weighted by molar-refractivity contribution is 0.479. The summed E-state index contributed by atoms with van der Waals surface area (Å²) in [5, 5.41) is 1.02. The molecular formula is C18H23N5O2S2. The highest BCUT2D eigenvalue weighted by Crippen LogP contribution is 2.36. The average molecular weight is 406 g/mol. The van der Waals surface area contributed by atoms with Crippen molar-refractivity contribution in [2.24, 2.45) is 0 Å². The van der Waals surface area contributed by atoms with Crippen LogP contribution in [0.25, 0.3) is 21.6 Å². The van der Waals surface area contributed by atoms with Gasteiger partial charge in [0, 0.05) is 50.0 Å². The number of fused-ring (bicyclic) bond motifs is 1. The van der Waals surface area contributed by atoms with E-state index in [2.05, 4.69) is 18.8 Å². The topological polar surface area (TPSA) is 79.3 Å². The molecule has 0 spiro atoms. The van der Waals surface area contributed by atoms with E-state index in [1.54, 1.807) is 30.8 Å².